The van der Waals surface area contributed by atoms with Gasteiger partial charge in [-0.05, 0) is 47.6 Å². The Hall–Kier alpha value is -3.53. The maximum Gasteiger partial charge on any atom is 0.506 e. The van der Waals surface area contributed by atoms with Crippen molar-refractivity contribution in [2.24, 2.45) is 0 Å². The molecule has 2 atom stereocenters. The minimum atomic E-state index is -1.17. The molecule has 1 aromatic heterocycles. The van der Waals surface area contributed by atoms with Crippen LogP contribution in [0.3, 0.4) is 0 Å². The van der Waals surface area contributed by atoms with E-state index in [9.17, 15) is 4.79 Å². The quantitative estimate of drug-likeness (QED) is 0.334. The van der Waals surface area contributed by atoms with E-state index in [1.54, 1.807) is 0 Å². The Labute approximate surface area is 187 Å². The van der Waals surface area contributed by atoms with E-state index in [-0.39, 0.29) is 12.0 Å². The molecule has 5 rings (SSSR count). The molecule has 1 aliphatic carbocycles. The molecular formula is C28H27NO3. The van der Waals surface area contributed by atoms with Crippen LogP contribution in [0, 0.1) is 0 Å². The van der Waals surface area contributed by atoms with Crippen molar-refractivity contribution in [3.63, 3.8) is 0 Å². The van der Waals surface area contributed by atoms with Crippen molar-refractivity contribution in [1.29, 1.82) is 0 Å². The molecule has 1 aliphatic rings. The van der Waals surface area contributed by atoms with Gasteiger partial charge in [-0.2, -0.15) is 0 Å². The van der Waals surface area contributed by atoms with Crippen molar-refractivity contribution in [2.75, 3.05) is 0 Å². The van der Waals surface area contributed by atoms with Crippen molar-refractivity contribution in [3.05, 3.63) is 95.6 Å². The number of aromatic nitrogens is 1. The molecule has 4 nitrogen and oxygen atoms in total. The Kier molecular flexibility index (Phi) is 5.68. The van der Waals surface area contributed by atoms with Gasteiger partial charge in [0.15, 0.2) is 0 Å². The molecule has 1 saturated carbocycles. The molecule has 1 fully saturated rings. The number of hydrogen-bond acceptors (Lipinski definition) is 2. The lowest BCUT2D eigenvalue weighted by molar-refractivity contribution is 0.0249. The zero-order valence-electron chi connectivity index (χ0n) is 18.0. The number of carboxylic acid groups (broad SMARTS) is 1. The molecule has 0 amide bonds. The lowest BCUT2D eigenvalue weighted by Gasteiger charge is -2.30. The SMILES string of the molecule is O=C(O)O[C@@H]1CCCC[C@H]1c1ccc(Cc2c(-c3ccccc3)[nH]c3ccccc23)cc1. The number of aromatic amines is 1. The van der Waals surface area contributed by atoms with Crippen LogP contribution in [-0.2, 0) is 11.2 Å². The minimum absolute atomic E-state index is 0.141. The fourth-order valence-corrected chi connectivity index (χ4v) is 5.07. The van der Waals surface area contributed by atoms with Gasteiger partial charge in [-0.3, -0.25) is 0 Å². The lowest BCUT2D eigenvalue weighted by atomic mass is 9.81. The van der Waals surface area contributed by atoms with Crippen LogP contribution in [0.25, 0.3) is 22.2 Å². The molecule has 162 valence electrons. The standard InChI is InChI=1S/C28H27NO3/c30-28(31)32-26-13-7-5-10-22(26)20-16-14-19(15-17-20)18-24-23-11-4-6-12-25(23)29-27(24)21-8-2-1-3-9-21/h1-4,6,8-9,11-12,14-17,22,26,29H,5,7,10,13,18H2,(H,30,31)/t22-,26+/m0/s1. The van der Waals surface area contributed by atoms with E-state index in [4.69, 9.17) is 9.84 Å². The summed E-state index contributed by atoms with van der Waals surface area (Å²) in [4.78, 5) is 14.7. The third kappa shape index (κ3) is 4.13. The highest BCUT2D eigenvalue weighted by molar-refractivity contribution is 5.91. The summed E-state index contributed by atoms with van der Waals surface area (Å²) >= 11 is 0. The van der Waals surface area contributed by atoms with Crippen LogP contribution in [0.2, 0.25) is 0 Å². The van der Waals surface area contributed by atoms with Crippen LogP contribution in [0.15, 0.2) is 78.9 Å². The first-order chi connectivity index (χ1) is 15.7. The lowest BCUT2D eigenvalue weighted by Crippen LogP contribution is -2.28. The van der Waals surface area contributed by atoms with Crippen molar-refractivity contribution < 1.29 is 14.6 Å². The number of fused-ring (bicyclic) bond motifs is 1. The van der Waals surface area contributed by atoms with Gasteiger partial charge in [0.2, 0.25) is 0 Å². The molecule has 0 bridgehead atoms. The molecule has 0 aliphatic heterocycles. The average molecular weight is 426 g/mol. The smallest absolute Gasteiger partial charge is 0.450 e. The highest BCUT2D eigenvalue weighted by Gasteiger charge is 2.29. The molecule has 2 N–H and O–H groups in total. The van der Waals surface area contributed by atoms with Crippen LogP contribution in [0.4, 0.5) is 4.79 Å². The molecule has 1 heterocycles. The van der Waals surface area contributed by atoms with Gasteiger partial charge in [-0.1, -0.05) is 79.2 Å². The molecule has 0 unspecified atom stereocenters. The Morgan fingerprint density at radius 3 is 2.41 bits per heavy atom. The summed E-state index contributed by atoms with van der Waals surface area (Å²) in [6.45, 7) is 0. The second-order valence-electron chi connectivity index (χ2n) is 8.62. The summed E-state index contributed by atoms with van der Waals surface area (Å²) in [5.41, 5.74) is 7.20. The van der Waals surface area contributed by atoms with Crippen LogP contribution < -0.4 is 0 Å². The van der Waals surface area contributed by atoms with Gasteiger partial charge < -0.3 is 14.8 Å². The number of rotatable bonds is 5. The third-order valence-corrected chi connectivity index (χ3v) is 6.62. The first-order valence-corrected chi connectivity index (χ1v) is 11.3. The Balaban J connectivity index is 1.44. The van der Waals surface area contributed by atoms with Crippen LogP contribution in [0.5, 0.6) is 0 Å². The molecular weight excluding hydrogens is 398 g/mol. The fourth-order valence-electron chi connectivity index (χ4n) is 5.07. The predicted molar refractivity (Wildman–Crippen MR) is 127 cm³/mol. The van der Waals surface area contributed by atoms with Crippen LogP contribution >= 0.6 is 0 Å². The van der Waals surface area contributed by atoms with Gasteiger partial charge in [0.05, 0.1) is 5.69 Å². The van der Waals surface area contributed by atoms with Gasteiger partial charge >= 0.3 is 6.16 Å². The van der Waals surface area contributed by atoms with E-state index in [0.29, 0.717) is 0 Å². The normalized spacial score (nSPS) is 18.5. The number of ether oxygens (including phenoxy) is 1. The minimum Gasteiger partial charge on any atom is -0.450 e. The number of H-pyrrole nitrogens is 1. The fraction of sp³-hybridized carbons (Fsp3) is 0.250. The van der Waals surface area contributed by atoms with Gasteiger partial charge in [0.1, 0.15) is 6.10 Å². The first-order valence-electron chi connectivity index (χ1n) is 11.3. The van der Waals surface area contributed by atoms with Crippen molar-refractivity contribution in [3.8, 4) is 11.3 Å². The molecule has 0 radical (unpaired) electrons. The van der Waals surface area contributed by atoms with Crippen molar-refractivity contribution in [2.45, 2.75) is 44.1 Å². The third-order valence-electron chi connectivity index (χ3n) is 6.62. The zero-order valence-corrected chi connectivity index (χ0v) is 18.0. The van der Waals surface area contributed by atoms with Crippen molar-refractivity contribution in [1.82, 2.24) is 4.98 Å². The van der Waals surface area contributed by atoms with Crippen LogP contribution in [0.1, 0.15) is 48.3 Å². The summed E-state index contributed by atoms with van der Waals surface area (Å²) in [6, 6.07) is 27.6. The maximum atomic E-state index is 11.1. The monoisotopic (exact) mass is 425 g/mol. The summed E-state index contributed by atoms with van der Waals surface area (Å²) in [5.74, 6) is 0.141. The van der Waals surface area contributed by atoms with E-state index in [0.717, 1.165) is 43.3 Å². The summed E-state index contributed by atoms with van der Waals surface area (Å²) in [7, 11) is 0. The Morgan fingerprint density at radius 1 is 0.906 bits per heavy atom. The maximum absolute atomic E-state index is 11.1. The number of hydrogen-bond donors (Lipinski definition) is 2. The van der Waals surface area contributed by atoms with E-state index >= 15 is 0 Å². The molecule has 0 spiro atoms. The predicted octanol–water partition coefficient (Wildman–Crippen LogP) is 7.15. The van der Waals surface area contributed by atoms with E-state index < -0.39 is 6.16 Å². The first kappa shape index (κ1) is 20.4. The van der Waals surface area contributed by atoms with Gasteiger partial charge in [0.25, 0.3) is 0 Å². The van der Waals surface area contributed by atoms with Gasteiger partial charge in [0, 0.05) is 23.2 Å². The van der Waals surface area contributed by atoms with Gasteiger partial charge in [-0.15, -0.1) is 0 Å². The number of nitrogens with one attached hydrogen (secondary N) is 1. The summed E-state index contributed by atoms with van der Waals surface area (Å²) < 4.78 is 5.20. The Morgan fingerprint density at radius 2 is 1.62 bits per heavy atom. The van der Waals surface area contributed by atoms with E-state index in [1.807, 2.05) is 6.07 Å². The average Bonchev–Trinajstić information content (AvgIpc) is 3.19. The van der Waals surface area contributed by atoms with Crippen molar-refractivity contribution >= 4 is 17.1 Å². The largest absolute Gasteiger partial charge is 0.506 e. The molecule has 3 aromatic carbocycles. The number of carbonyl (C=O) groups is 1. The second kappa shape index (κ2) is 8.91. The van der Waals surface area contributed by atoms with E-state index in [1.165, 1.54) is 27.6 Å². The number of benzene rings is 3. The Bertz CT molecular complexity index is 1210. The van der Waals surface area contributed by atoms with Gasteiger partial charge in [-0.25, -0.2) is 4.79 Å². The second-order valence-corrected chi connectivity index (χ2v) is 8.62. The summed E-state index contributed by atoms with van der Waals surface area (Å²) in [5, 5.41) is 10.3. The highest BCUT2D eigenvalue weighted by atomic mass is 16.7. The summed E-state index contributed by atoms with van der Waals surface area (Å²) in [6.07, 6.45) is 3.31. The zero-order chi connectivity index (χ0) is 21.9. The molecule has 0 saturated heterocycles. The van der Waals surface area contributed by atoms with Crippen LogP contribution in [-0.4, -0.2) is 22.3 Å². The molecule has 4 heteroatoms. The number of para-hydroxylation sites is 1. The topological polar surface area (TPSA) is 62.3 Å². The molecule has 4 aromatic rings. The highest BCUT2D eigenvalue weighted by Crippen LogP contribution is 2.36. The molecule has 32 heavy (non-hydrogen) atoms. The van der Waals surface area contributed by atoms with E-state index in [2.05, 4.69) is 77.8 Å².